The zero-order chi connectivity index (χ0) is 7.49. The van der Waals surface area contributed by atoms with E-state index in [0.29, 0.717) is 0 Å². The topological polar surface area (TPSA) is 26.0 Å². The van der Waals surface area contributed by atoms with E-state index < -0.39 is 0 Å². The lowest BCUT2D eigenvalue weighted by Crippen LogP contribution is -3.00. The third kappa shape index (κ3) is 4.12. The molecule has 0 saturated carbocycles. The van der Waals surface area contributed by atoms with E-state index in [1.54, 1.807) is 0 Å². The third-order valence-electron chi connectivity index (χ3n) is 1.09. The normalized spacial score (nSPS) is 12.3. The molecule has 0 aromatic heterocycles. The van der Waals surface area contributed by atoms with E-state index in [9.17, 15) is 0 Å². The van der Waals surface area contributed by atoms with Crippen molar-refractivity contribution >= 4 is 21.8 Å². The van der Waals surface area contributed by atoms with Crippen molar-refractivity contribution in [2.24, 2.45) is 0 Å². The first-order chi connectivity index (χ1) is 4.02. The summed E-state index contributed by atoms with van der Waals surface area (Å²) in [6, 6.07) is 0. The van der Waals surface area contributed by atoms with Crippen molar-refractivity contribution in [2.45, 2.75) is 18.2 Å². The number of hydrogen-bond donors (Lipinski definition) is 2. The molecular weight excluding hydrogens is 215 g/mol. The summed E-state index contributed by atoms with van der Waals surface area (Å²) in [5.41, 5.74) is 0. The molecule has 0 atom stereocenters. The highest BCUT2D eigenvalue weighted by Gasteiger charge is 2.24. The second-order valence-electron chi connectivity index (χ2n) is 2.35. The minimum Gasteiger partial charge on any atom is -1.00 e. The lowest BCUT2D eigenvalue weighted by Gasteiger charge is -2.11. The second-order valence-corrected chi connectivity index (χ2v) is 4.33. The first-order valence-corrected chi connectivity index (χ1v) is 3.73. The number of rotatable bonds is 1. The molecular formula is C6H14BrClN2. The molecule has 10 heavy (non-hydrogen) atoms. The summed E-state index contributed by atoms with van der Waals surface area (Å²) in [6.45, 7) is 4.16. The lowest BCUT2D eigenvalue weighted by molar-refractivity contribution is -0.424. The molecule has 2 nitrogen and oxygen atoms in total. The van der Waals surface area contributed by atoms with Gasteiger partial charge in [0.05, 0.1) is 14.1 Å². The van der Waals surface area contributed by atoms with Gasteiger partial charge in [0, 0.05) is 0 Å². The monoisotopic (exact) mass is 228 g/mol. The van der Waals surface area contributed by atoms with E-state index in [0.717, 1.165) is 5.84 Å². The predicted octanol–water partition coefficient (Wildman–Crippen LogP) is -3.51. The van der Waals surface area contributed by atoms with Gasteiger partial charge in [0.15, 0.2) is 0 Å². The Morgan fingerprint density at radius 2 is 1.90 bits per heavy atom. The van der Waals surface area contributed by atoms with Crippen LogP contribution in [-0.4, -0.2) is 24.3 Å². The summed E-state index contributed by atoms with van der Waals surface area (Å²) in [5, 5.41) is 3.05. The van der Waals surface area contributed by atoms with Crippen molar-refractivity contribution in [3.63, 3.8) is 0 Å². The van der Waals surface area contributed by atoms with E-state index >= 15 is 0 Å². The van der Waals surface area contributed by atoms with Gasteiger partial charge in [-0.2, -0.15) is 0 Å². The summed E-state index contributed by atoms with van der Waals surface area (Å²) < 4.78 is 0.0243. The SMILES string of the molecule is CNC(=[NH+]C)C(C)(C)Br.[Cl-]. The van der Waals surface area contributed by atoms with Crippen LogP contribution >= 0.6 is 15.9 Å². The Balaban J connectivity index is 0. The van der Waals surface area contributed by atoms with Gasteiger partial charge in [0.2, 0.25) is 0 Å². The molecule has 2 N–H and O–H groups in total. The molecule has 0 aliphatic heterocycles. The largest absolute Gasteiger partial charge is 1.00 e. The number of halogens is 2. The maximum absolute atomic E-state index is 3.50. The van der Waals surface area contributed by atoms with Crippen molar-refractivity contribution < 1.29 is 17.4 Å². The summed E-state index contributed by atoms with van der Waals surface area (Å²) in [6.07, 6.45) is 0. The molecule has 0 fully saturated rings. The number of nitrogens with one attached hydrogen (secondary N) is 2. The Hall–Kier alpha value is 0.240. The van der Waals surface area contributed by atoms with Gasteiger partial charge >= 0.3 is 0 Å². The second kappa shape index (κ2) is 4.97. The van der Waals surface area contributed by atoms with E-state index in [1.165, 1.54) is 0 Å². The van der Waals surface area contributed by atoms with Crippen LogP contribution in [0, 0.1) is 0 Å². The fraction of sp³-hybridized carbons (Fsp3) is 0.833. The Labute approximate surface area is 77.0 Å². The average molecular weight is 230 g/mol. The smallest absolute Gasteiger partial charge is 0.258 e. The quantitative estimate of drug-likeness (QED) is 0.272. The Morgan fingerprint density at radius 1 is 1.50 bits per heavy atom. The zero-order valence-corrected chi connectivity index (χ0v) is 9.10. The first-order valence-electron chi connectivity index (χ1n) is 2.94. The maximum Gasteiger partial charge on any atom is 0.258 e. The molecule has 0 aliphatic carbocycles. The maximum atomic E-state index is 3.50. The summed E-state index contributed by atoms with van der Waals surface area (Å²) in [4.78, 5) is 3.05. The van der Waals surface area contributed by atoms with Crippen LogP contribution < -0.4 is 22.7 Å². The van der Waals surface area contributed by atoms with Gasteiger partial charge in [0.25, 0.3) is 5.84 Å². The van der Waals surface area contributed by atoms with Crippen molar-refractivity contribution in [1.82, 2.24) is 5.32 Å². The Bertz CT molecular complexity index is 117. The molecule has 0 aromatic rings. The zero-order valence-electron chi connectivity index (χ0n) is 6.76. The summed E-state index contributed by atoms with van der Waals surface area (Å²) in [5.74, 6) is 1.09. The summed E-state index contributed by atoms with van der Waals surface area (Å²) >= 11 is 3.50. The Morgan fingerprint density at radius 3 is 1.90 bits per heavy atom. The fourth-order valence-corrected chi connectivity index (χ4v) is 1.12. The molecule has 0 amide bonds. The lowest BCUT2D eigenvalue weighted by atomic mass is 10.2. The standard InChI is InChI=1S/C6H13BrN2.ClH/c1-6(2,7)5(8-3)9-4;/h1-4H3,(H,8,9);1H. The predicted molar refractivity (Wildman–Crippen MR) is 44.0 cm³/mol. The molecule has 0 bridgehead atoms. The van der Waals surface area contributed by atoms with Crippen molar-refractivity contribution in [3.05, 3.63) is 0 Å². The van der Waals surface area contributed by atoms with Crippen molar-refractivity contribution in [1.29, 1.82) is 0 Å². The van der Waals surface area contributed by atoms with Crippen LogP contribution in [-0.2, 0) is 0 Å². The fourth-order valence-electron chi connectivity index (χ4n) is 0.719. The van der Waals surface area contributed by atoms with Crippen LogP contribution in [0.15, 0.2) is 0 Å². The van der Waals surface area contributed by atoms with Gasteiger partial charge in [-0.25, -0.2) is 0 Å². The average Bonchev–Trinajstić information content (AvgIpc) is 1.65. The van der Waals surface area contributed by atoms with Crippen LogP contribution in [0.5, 0.6) is 0 Å². The third-order valence-corrected chi connectivity index (χ3v) is 1.49. The van der Waals surface area contributed by atoms with Gasteiger partial charge in [-0.05, 0) is 13.8 Å². The van der Waals surface area contributed by atoms with Crippen LogP contribution in [0.3, 0.4) is 0 Å². The molecule has 4 heteroatoms. The van der Waals surface area contributed by atoms with Gasteiger partial charge in [0.1, 0.15) is 4.32 Å². The molecule has 62 valence electrons. The molecule has 0 unspecified atom stereocenters. The van der Waals surface area contributed by atoms with Gasteiger partial charge in [-0.1, -0.05) is 15.9 Å². The van der Waals surface area contributed by atoms with E-state index in [1.807, 2.05) is 14.1 Å². The van der Waals surface area contributed by atoms with E-state index in [2.05, 4.69) is 40.1 Å². The van der Waals surface area contributed by atoms with Crippen molar-refractivity contribution in [2.75, 3.05) is 14.1 Å². The van der Waals surface area contributed by atoms with Crippen LogP contribution in [0.25, 0.3) is 0 Å². The highest BCUT2D eigenvalue weighted by molar-refractivity contribution is 9.10. The molecule has 0 aromatic carbocycles. The molecule has 0 heterocycles. The molecule has 0 aliphatic rings. The minimum absolute atomic E-state index is 0. The highest BCUT2D eigenvalue weighted by atomic mass is 79.9. The van der Waals surface area contributed by atoms with Crippen LogP contribution in [0.1, 0.15) is 13.8 Å². The van der Waals surface area contributed by atoms with Gasteiger partial charge in [-0.15, -0.1) is 0 Å². The van der Waals surface area contributed by atoms with Crippen molar-refractivity contribution in [3.8, 4) is 0 Å². The number of hydrogen-bond acceptors (Lipinski definition) is 0. The molecule has 0 spiro atoms. The molecule has 0 saturated heterocycles. The Kier molecular flexibility index (Phi) is 6.39. The van der Waals surface area contributed by atoms with Crippen LogP contribution in [0.2, 0.25) is 0 Å². The van der Waals surface area contributed by atoms with Gasteiger partial charge < -0.3 is 12.4 Å². The molecule has 0 rings (SSSR count). The molecule has 0 radical (unpaired) electrons. The first kappa shape index (κ1) is 12.9. The van der Waals surface area contributed by atoms with E-state index in [-0.39, 0.29) is 16.7 Å². The minimum atomic E-state index is 0. The number of alkyl halides is 1. The van der Waals surface area contributed by atoms with E-state index in [4.69, 9.17) is 0 Å². The van der Waals surface area contributed by atoms with Crippen LogP contribution in [0.4, 0.5) is 0 Å². The summed E-state index contributed by atoms with van der Waals surface area (Å²) in [7, 11) is 3.80. The van der Waals surface area contributed by atoms with Gasteiger partial charge in [-0.3, -0.25) is 10.3 Å². The highest BCUT2D eigenvalue weighted by Crippen LogP contribution is 2.13. The number of amidine groups is 1.